The predicted octanol–water partition coefficient (Wildman–Crippen LogP) is 2.58. The van der Waals surface area contributed by atoms with Gasteiger partial charge in [-0.2, -0.15) is 5.26 Å². The topological polar surface area (TPSA) is 145 Å². The minimum absolute atomic E-state index is 0.0165. The average molecular weight is 442 g/mol. The molecule has 2 aromatic carbocycles. The summed E-state index contributed by atoms with van der Waals surface area (Å²) in [6.07, 6.45) is -0.563. The zero-order valence-corrected chi connectivity index (χ0v) is 16.6. The fraction of sp³-hybridized carbons (Fsp3) is 0.250. The molecule has 0 saturated carbocycles. The van der Waals surface area contributed by atoms with Crippen LogP contribution < -0.4 is 26.1 Å². The number of benzene rings is 2. The Hall–Kier alpha value is -3.52. The maximum atomic E-state index is 11.4. The van der Waals surface area contributed by atoms with Crippen LogP contribution in [-0.2, 0) is 4.74 Å². The third-order valence-electron chi connectivity index (χ3n) is 5.73. The van der Waals surface area contributed by atoms with Gasteiger partial charge in [0.1, 0.15) is 11.1 Å². The Bertz CT molecular complexity index is 1160. The van der Waals surface area contributed by atoms with E-state index in [2.05, 4.69) is 16.9 Å². The molecule has 158 valence electrons. The molecule has 0 spiro atoms. The number of allylic oxidation sites excluding steroid dienone is 1. The van der Waals surface area contributed by atoms with Crippen LogP contribution in [0.5, 0.6) is 11.5 Å². The van der Waals surface area contributed by atoms with Crippen LogP contribution >= 0.6 is 11.6 Å². The SMILES string of the molecule is N#CC1=C(N)OC2NNC(c3ccc4c(c3)OCO4)C2C1c1ccc(Cl)c([N+](=O)[O-])c1. The van der Waals surface area contributed by atoms with Crippen LogP contribution in [-0.4, -0.2) is 17.9 Å². The average Bonchev–Trinajstić information content (AvgIpc) is 3.39. The predicted molar refractivity (Wildman–Crippen MR) is 108 cm³/mol. The lowest BCUT2D eigenvalue weighted by atomic mass is 9.74. The minimum atomic E-state index is -0.572. The first kappa shape index (κ1) is 19.4. The van der Waals surface area contributed by atoms with Crippen LogP contribution in [0.3, 0.4) is 0 Å². The molecule has 0 aromatic heterocycles. The Morgan fingerprint density at radius 1 is 1.16 bits per heavy atom. The number of nitro benzene ring substituents is 1. The molecule has 0 aliphatic carbocycles. The zero-order chi connectivity index (χ0) is 21.7. The molecule has 3 aliphatic rings. The molecule has 0 amide bonds. The smallest absolute Gasteiger partial charge is 0.288 e. The van der Waals surface area contributed by atoms with Gasteiger partial charge in [-0.3, -0.25) is 10.1 Å². The van der Waals surface area contributed by atoms with E-state index < -0.39 is 17.1 Å². The molecule has 11 heteroatoms. The van der Waals surface area contributed by atoms with Crippen LogP contribution in [0, 0.1) is 27.4 Å². The summed E-state index contributed by atoms with van der Waals surface area (Å²) >= 11 is 6.00. The maximum Gasteiger partial charge on any atom is 0.288 e. The summed E-state index contributed by atoms with van der Waals surface area (Å²) in [6.45, 7) is 0.152. The van der Waals surface area contributed by atoms with Crippen molar-refractivity contribution in [3.8, 4) is 17.6 Å². The second-order valence-corrected chi connectivity index (χ2v) is 7.74. The number of ether oxygens (including phenoxy) is 3. The van der Waals surface area contributed by atoms with Gasteiger partial charge in [-0.15, -0.1) is 0 Å². The van der Waals surface area contributed by atoms with E-state index >= 15 is 0 Å². The van der Waals surface area contributed by atoms with E-state index in [-0.39, 0.29) is 40.9 Å². The van der Waals surface area contributed by atoms with Crippen LogP contribution in [0.2, 0.25) is 5.02 Å². The summed E-state index contributed by atoms with van der Waals surface area (Å²) in [7, 11) is 0. The number of halogens is 1. The summed E-state index contributed by atoms with van der Waals surface area (Å²) < 4.78 is 16.6. The number of hydrogen-bond donors (Lipinski definition) is 3. The summed E-state index contributed by atoms with van der Waals surface area (Å²) in [5.74, 6) is 0.333. The monoisotopic (exact) mass is 441 g/mol. The Balaban J connectivity index is 1.62. The van der Waals surface area contributed by atoms with Gasteiger partial charge < -0.3 is 19.9 Å². The number of fused-ring (bicyclic) bond motifs is 2. The fourth-order valence-corrected chi connectivity index (χ4v) is 4.54. The molecule has 4 N–H and O–H groups in total. The molecule has 3 aliphatic heterocycles. The first-order valence-corrected chi connectivity index (χ1v) is 9.76. The molecule has 10 nitrogen and oxygen atoms in total. The first-order chi connectivity index (χ1) is 15.0. The van der Waals surface area contributed by atoms with Gasteiger partial charge in [0.2, 0.25) is 12.7 Å². The van der Waals surface area contributed by atoms with Gasteiger partial charge in [-0.05, 0) is 29.3 Å². The lowest BCUT2D eigenvalue weighted by Gasteiger charge is -2.35. The number of nitro groups is 1. The van der Waals surface area contributed by atoms with Crippen LogP contribution in [0.25, 0.3) is 0 Å². The molecule has 1 fully saturated rings. The largest absolute Gasteiger partial charge is 0.458 e. The van der Waals surface area contributed by atoms with Gasteiger partial charge >= 0.3 is 0 Å². The number of nitriles is 1. The lowest BCUT2D eigenvalue weighted by Crippen LogP contribution is -2.41. The number of nitrogens with two attached hydrogens (primary N) is 1. The summed E-state index contributed by atoms with van der Waals surface area (Å²) in [5.41, 5.74) is 13.7. The first-order valence-electron chi connectivity index (χ1n) is 9.38. The summed E-state index contributed by atoms with van der Waals surface area (Å²) in [6, 6.07) is 11.9. The van der Waals surface area contributed by atoms with E-state index in [1.807, 2.05) is 18.2 Å². The number of nitrogens with zero attached hydrogens (tertiary/aromatic N) is 2. The van der Waals surface area contributed by atoms with Gasteiger partial charge in [-0.25, -0.2) is 10.9 Å². The van der Waals surface area contributed by atoms with E-state index in [1.54, 1.807) is 6.07 Å². The van der Waals surface area contributed by atoms with Crippen molar-refractivity contribution in [1.82, 2.24) is 10.9 Å². The standard InChI is InChI=1S/C20H16ClN5O5/c21-12-3-1-9(5-13(12)26(27)28)16-11(7-22)19(23)31-20-17(16)18(24-25-20)10-2-4-14-15(6-10)30-8-29-14/h1-6,16-18,20,24-25H,8,23H2. The highest BCUT2D eigenvalue weighted by molar-refractivity contribution is 6.32. The Labute approximate surface area is 181 Å². The molecule has 4 atom stereocenters. The van der Waals surface area contributed by atoms with Crippen molar-refractivity contribution in [3.63, 3.8) is 0 Å². The Morgan fingerprint density at radius 3 is 2.71 bits per heavy atom. The highest BCUT2D eigenvalue weighted by Gasteiger charge is 2.49. The second kappa shape index (κ2) is 7.31. The Kier molecular flexibility index (Phi) is 4.59. The van der Waals surface area contributed by atoms with Crippen molar-refractivity contribution < 1.29 is 19.1 Å². The van der Waals surface area contributed by atoms with Crippen molar-refractivity contribution in [2.24, 2.45) is 11.7 Å². The number of hydrogen-bond acceptors (Lipinski definition) is 9. The highest BCUT2D eigenvalue weighted by Crippen LogP contribution is 2.49. The van der Waals surface area contributed by atoms with Crippen molar-refractivity contribution in [3.05, 3.63) is 74.1 Å². The molecule has 3 heterocycles. The molecular weight excluding hydrogens is 426 g/mol. The highest BCUT2D eigenvalue weighted by atomic mass is 35.5. The lowest BCUT2D eigenvalue weighted by molar-refractivity contribution is -0.384. The molecular formula is C20H16ClN5O5. The molecule has 2 aromatic rings. The van der Waals surface area contributed by atoms with Gasteiger partial charge in [0, 0.05) is 17.9 Å². The van der Waals surface area contributed by atoms with E-state index in [4.69, 9.17) is 31.5 Å². The molecule has 0 bridgehead atoms. The van der Waals surface area contributed by atoms with Gasteiger partial charge in [0.05, 0.1) is 16.5 Å². The van der Waals surface area contributed by atoms with Crippen LogP contribution in [0.15, 0.2) is 47.9 Å². The van der Waals surface area contributed by atoms with Gasteiger partial charge in [0.25, 0.3) is 5.69 Å². The van der Waals surface area contributed by atoms with Crippen molar-refractivity contribution >= 4 is 17.3 Å². The maximum absolute atomic E-state index is 11.4. The molecule has 31 heavy (non-hydrogen) atoms. The van der Waals surface area contributed by atoms with E-state index in [9.17, 15) is 15.4 Å². The van der Waals surface area contributed by atoms with Crippen molar-refractivity contribution in [2.75, 3.05) is 6.79 Å². The third kappa shape index (κ3) is 3.11. The second-order valence-electron chi connectivity index (χ2n) is 7.33. The normalized spacial score (nSPS) is 26.2. The summed E-state index contributed by atoms with van der Waals surface area (Å²) in [4.78, 5) is 10.9. The molecule has 0 radical (unpaired) electrons. The van der Waals surface area contributed by atoms with Crippen molar-refractivity contribution in [1.29, 1.82) is 5.26 Å². The third-order valence-corrected chi connectivity index (χ3v) is 6.05. The number of hydrazine groups is 1. The van der Waals surface area contributed by atoms with E-state index in [1.165, 1.54) is 12.1 Å². The Morgan fingerprint density at radius 2 is 1.94 bits per heavy atom. The summed E-state index contributed by atoms with van der Waals surface area (Å²) in [5, 5.41) is 21.3. The minimum Gasteiger partial charge on any atom is -0.458 e. The van der Waals surface area contributed by atoms with Gasteiger partial charge in [-0.1, -0.05) is 23.7 Å². The van der Waals surface area contributed by atoms with E-state index in [0.29, 0.717) is 17.1 Å². The van der Waals surface area contributed by atoms with Crippen molar-refractivity contribution in [2.45, 2.75) is 18.2 Å². The molecule has 5 rings (SSSR count). The number of rotatable bonds is 3. The number of nitrogens with one attached hydrogen (secondary N) is 2. The van der Waals surface area contributed by atoms with E-state index in [0.717, 1.165) is 5.56 Å². The van der Waals surface area contributed by atoms with Crippen LogP contribution in [0.4, 0.5) is 5.69 Å². The molecule has 1 saturated heterocycles. The zero-order valence-electron chi connectivity index (χ0n) is 15.9. The quantitative estimate of drug-likeness (QED) is 0.483. The van der Waals surface area contributed by atoms with Crippen LogP contribution in [0.1, 0.15) is 23.1 Å². The van der Waals surface area contributed by atoms with Gasteiger partial charge in [0.15, 0.2) is 17.7 Å². The molecule has 4 unspecified atom stereocenters. The fourth-order valence-electron chi connectivity index (χ4n) is 4.35.